The highest BCUT2D eigenvalue weighted by Crippen LogP contribution is 2.20. The molecule has 7 heteroatoms. The molecule has 0 aliphatic heterocycles. The molecule has 1 heterocycles. The van der Waals surface area contributed by atoms with Crippen molar-refractivity contribution in [3.05, 3.63) is 83.0 Å². The second-order valence-corrected chi connectivity index (χ2v) is 6.22. The number of anilines is 3. The minimum atomic E-state index is -0.488. The van der Waals surface area contributed by atoms with E-state index in [0.29, 0.717) is 27.7 Å². The van der Waals surface area contributed by atoms with Gasteiger partial charge in [0, 0.05) is 16.9 Å². The molecule has 0 aliphatic carbocycles. The smallest absolute Gasteiger partial charge is 0.340 e. The Morgan fingerprint density at radius 2 is 1.89 bits per heavy atom. The zero-order valence-electron chi connectivity index (χ0n) is 15.1. The van der Waals surface area contributed by atoms with E-state index in [0.717, 1.165) is 5.69 Å². The monoisotopic (exact) mass is 395 g/mol. The van der Waals surface area contributed by atoms with E-state index in [1.807, 2.05) is 12.1 Å². The fraction of sp³-hybridized carbons (Fsp3) is 0.0952. The number of hydrogen-bond acceptors (Lipinski definition) is 5. The lowest BCUT2D eigenvalue weighted by Crippen LogP contribution is -2.16. The summed E-state index contributed by atoms with van der Waals surface area (Å²) in [6, 6.07) is 17.3. The number of para-hydroxylation sites is 1. The fourth-order valence-corrected chi connectivity index (χ4v) is 2.68. The third-order valence-corrected chi connectivity index (χ3v) is 4.03. The average molecular weight is 396 g/mol. The van der Waals surface area contributed by atoms with Crippen LogP contribution < -0.4 is 10.6 Å². The van der Waals surface area contributed by atoms with Gasteiger partial charge in [-0.05, 0) is 49.4 Å². The van der Waals surface area contributed by atoms with Gasteiger partial charge in [-0.2, -0.15) is 0 Å². The van der Waals surface area contributed by atoms with Gasteiger partial charge in [-0.25, -0.2) is 9.78 Å². The molecule has 3 aromatic rings. The van der Waals surface area contributed by atoms with Crippen LogP contribution in [0.4, 0.5) is 17.2 Å². The number of ether oxygens (including phenoxy) is 1. The number of esters is 1. The molecule has 6 nitrogen and oxygen atoms in total. The summed E-state index contributed by atoms with van der Waals surface area (Å²) >= 11 is 5.96. The number of aromatic nitrogens is 1. The number of benzene rings is 2. The number of hydrogen-bond donors (Lipinski definition) is 2. The van der Waals surface area contributed by atoms with Crippen molar-refractivity contribution in [3.8, 4) is 0 Å². The average Bonchev–Trinajstić information content (AvgIpc) is 2.69. The molecule has 0 spiro atoms. The largest absolute Gasteiger partial charge is 0.462 e. The van der Waals surface area contributed by atoms with Gasteiger partial charge in [0.1, 0.15) is 5.82 Å². The van der Waals surface area contributed by atoms with Gasteiger partial charge in [-0.3, -0.25) is 4.79 Å². The molecule has 1 amide bonds. The highest BCUT2D eigenvalue weighted by atomic mass is 35.5. The summed E-state index contributed by atoms with van der Waals surface area (Å²) in [7, 11) is 0. The van der Waals surface area contributed by atoms with Gasteiger partial charge in [0.15, 0.2) is 0 Å². The molecular weight excluding hydrogens is 378 g/mol. The minimum Gasteiger partial charge on any atom is -0.462 e. The van der Waals surface area contributed by atoms with Crippen LogP contribution in [0.1, 0.15) is 27.6 Å². The first kappa shape index (κ1) is 19.4. The number of carbonyl (C=O) groups excluding carboxylic acids is 2. The van der Waals surface area contributed by atoms with E-state index in [1.54, 1.807) is 55.5 Å². The van der Waals surface area contributed by atoms with Crippen molar-refractivity contribution in [2.24, 2.45) is 0 Å². The fourth-order valence-electron chi connectivity index (χ4n) is 2.49. The van der Waals surface area contributed by atoms with Crippen LogP contribution in [0.25, 0.3) is 0 Å². The van der Waals surface area contributed by atoms with Gasteiger partial charge >= 0.3 is 5.97 Å². The van der Waals surface area contributed by atoms with Crippen molar-refractivity contribution >= 4 is 40.7 Å². The SMILES string of the molecule is CCOC(=O)c1ccccc1NC(=O)c1ccc(Nc2cccc(Cl)c2)nc1. The first-order chi connectivity index (χ1) is 13.6. The van der Waals surface area contributed by atoms with Gasteiger partial charge in [0.25, 0.3) is 5.91 Å². The zero-order chi connectivity index (χ0) is 19.9. The van der Waals surface area contributed by atoms with Crippen molar-refractivity contribution < 1.29 is 14.3 Å². The van der Waals surface area contributed by atoms with Gasteiger partial charge in [-0.15, -0.1) is 0 Å². The van der Waals surface area contributed by atoms with Gasteiger partial charge in [-0.1, -0.05) is 29.8 Å². The predicted molar refractivity (Wildman–Crippen MR) is 109 cm³/mol. The summed E-state index contributed by atoms with van der Waals surface area (Å²) in [5, 5.41) is 6.45. The van der Waals surface area contributed by atoms with E-state index in [1.165, 1.54) is 6.20 Å². The van der Waals surface area contributed by atoms with E-state index in [9.17, 15) is 9.59 Å². The number of rotatable bonds is 6. The highest BCUT2D eigenvalue weighted by molar-refractivity contribution is 6.30. The molecule has 142 valence electrons. The Morgan fingerprint density at radius 1 is 1.07 bits per heavy atom. The maximum absolute atomic E-state index is 12.5. The molecule has 0 radical (unpaired) electrons. The second kappa shape index (κ2) is 9.01. The standard InChI is InChI=1S/C21H18ClN3O3/c1-2-28-21(27)17-8-3-4-9-18(17)25-20(26)14-10-11-19(23-13-14)24-16-7-5-6-15(22)12-16/h3-13H,2H2,1H3,(H,23,24)(H,25,26). The third-order valence-electron chi connectivity index (χ3n) is 3.79. The van der Waals surface area contributed by atoms with E-state index in [4.69, 9.17) is 16.3 Å². The molecule has 0 saturated carbocycles. The molecule has 0 fully saturated rings. The first-order valence-electron chi connectivity index (χ1n) is 8.63. The van der Waals surface area contributed by atoms with Crippen molar-refractivity contribution in [2.45, 2.75) is 6.92 Å². The highest BCUT2D eigenvalue weighted by Gasteiger charge is 2.15. The number of halogens is 1. The third kappa shape index (κ3) is 4.86. The summed E-state index contributed by atoms with van der Waals surface area (Å²) in [6.07, 6.45) is 1.45. The second-order valence-electron chi connectivity index (χ2n) is 5.79. The van der Waals surface area contributed by atoms with Gasteiger partial charge < -0.3 is 15.4 Å². The van der Waals surface area contributed by atoms with Crippen molar-refractivity contribution in [3.63, 3.8) is 0 Å². The first-order valence-corrected chi connectivity index (χ1v) is 9.00. The molecule has 1 aromatic heterocycles. The van der Waals surface area contributed by atoms with Crippen LogP contribution in [0.5, 0.6) is 0 Å². The number of carbonyl (C=O) groups is 2. The van der Waals surface area contributed by atoms with Crippen LogP contribution in [0.2, 0.25) is 5.02 Å². The molecule has 0 bridgehead atoms. The quantitative estimate of drug-likeness (QED) is 0.580. The summed E-state index contributed by atoms with van der Waals surface area (Å²) in [5.41, 5.74) is 1.83. The van der Waals surface area contributed by atoms with E-state index < -0.39 is 5.97 Å². The molecule has 0 unspecified atom stereocenters. The summed E-state index contributed by atoms with van der Waals surface area (Å²) < 4.78 is 5.02. The number of nitrogens with one attached hydrogen (secondary N) is 2. The van der Waals surface area contributed by atoms with E-state index in [2.05, 4.69) is 15.6 Å². The van der Waals surface area contributed by atoms with Crippen LogP contribution in [0, 0.1) is 0 Å². The summed E-state index contributed by atoms with van der Waals surface area (Å²) in [4.78, 5) is 28.8. The molecule has 2 aromatic carbocycles. The lowest BCUT2D eigenvalue weighted by atomic mass is 10.1. The van der Waals surface area contributed by atoms with Crippen LogP contribution in [-0.2, 0) is 4.74 Å². The van der Waals surface area contributed by atoms with Crippen LogP contribution in [0.15, 0.2) is 66.9 Å². The normalized spacial score (nSPS) is 10.2. The molecule has 0 aliphatic rings. The molecule has 0 saturated heterocycles. The molecular formula is C21H18ClN3O3. The molecule has 3 rings (SSSR count). The van der Waals surface area contributed by atoms with Crippen LogP contribution in [0.3, 0.4) is 0 Å². The van der Waals surface area contributed by atoms with Crippen molar-refractivity contribution in [1.82, 2.24) is 4.98 Å². The maximum Gasteiger partial charge on any atom is 0.340 e. The van der Waals surface area contributed by atoms with Crippen LogP contribution in [-0.4, -0.2) is 23.5 Å². The van der Waals surface area contributed by atoms with Crippen LogP contribution >= 0.6 is 11.6 Å². The number of pyridine rings is 1. The van der Waals surface area contributed by atoms with E-state index >= 15 is 0 Å². The van der Waals surface area contributed by atoms with Gasteiger partial charge in [0.05, 0.1) is 23.4 Å². The molecule has 28 heavy (non-hydrogen) atoms. The van der Waals surface area contributed by atoms with Crippen molar-refractivity contribution in [1.29, 1.82) is 0 Å². The predicted octanol–water partition coefficient (Wildman–Crippen LogP) is 4.91. The Labute approximate surface area is 167 Å². The van der Waals surface area contributed by atoms with E-state index in [-0.39, 0.29) is 12.5 Å². The Morgan fingerprint density at radius 3 is 2.61 bits per heavy atom. The van der Waals surface area contributed by atoms with Gasteiger partial charge in [0.2, 0.25) is 0 Å². The minimum absolute atomic E-state index is 0.256. The lowest BCUT2D eigenvalue weighted by Gasteiger charge is -2.11. The molecule has 2 N–H and O–H groups in total. The Balaban J connectivity index is 1.71. The Kier molecular flexibility index (Phi) is 6.24. The summed E-state index contributed by atoms with van der Waals surface area (Å²) in [6.45, 7) is 1.98. The lowest BCUT2D eigenvalue weighted by molar-refractivity contribution is 0.0527. The maximum atomic E-state index is 12.5. The Bertz CT molecular complexity index is 990. The molecule has 0 atom stereocenters. The topological polar surface area (TPSA) is 80.3 Å². The number of nitrogens with zero attached hydrogens (tertiary/aromatic N) is 1. The summed E-state index contributed by atoms with van der Waals surface area (Å²) in [5.74, 6) is -0.290. The van der Waals surface area contributed by atoms with Crippen molar-refractivity contribution in [2.75, 3.05) is 17.2 Å². The zero-order valence-corrected chi connectivity index (χ0v) is 15.9. The number of amides is 1. The Hall–Kier alpha value is -3.38.